The Balaban J connectivity index is 2.88. The first-order valence-electron chi connectivity index (χ1n) is 4.88. The van der Waals surface area contributed by atoms with Crippen LogP contribution >= 0.6 is 0 Å². The Hall–Kier alpha value is -1.44. The summed E-state index contributed by atoms with van der Waals surface area (Å²) < 4.78 is 22.3. The lowest BCUT2D eigenvalue weighted by Crippen LogP contribution is -2.25. The minimum Gasteiger partial charge on any atom is -0.480 e. The number of nitrogens with two attached hydrogens (primary N) is 1. The summed E-state index contributed by atoms with van der Waals surface area (Å²) in [5, 5.41) is 16.3. The lowest BCUT2D eigenvalue weighted by Gasteiger charge is -2.13. The molecule has 0 saturated carbocycles. The summed E-state index contributed by atoms with van der Waals surface area (Å²) >= 11 is 0. The average Bonchev–Trinajstić information content (AvgIpc) is 2.25. The van der Waals surface area contributed by atoms with Crippen LogP contribution in [0.2, 0.25) is 0 Å². The Bertz CT molecular complexity index is 513. The van der Waals surface area contributed by atoms with Crippen LogP contribution < -0.4 is 10.5 Å². The van der Waals surface area contributed by atoms with Crippen LogP contribution in [0.1, 0.15) is 18.5 Å². The summed E-state index contributed by atoms with van der Waals surface area (Å²) in [5.41, 5.74) is 0.665. The van der Waals surface area contributed by atoms with Crippen LogP contribution in [0.3, 0.4) is 0 Å². The maximum Gasteiger partial charge on any atom is 0.317 e. The maximum atomic E-state index is 11.1. The molecule has 6 nitrogen and oxygen atoms in total. The molecule has 4 N–H and O–H groups in total. The van der Waals surface area contributed by atoms with Gasteiger partial charge in [0.1, 0.15) is 0 Å². The van der Waals surface area contributed by atoms with Gasteiger partial charge in [-0.1, -0.05) is 12.1 Å². The number of benzene rings is 1. The van der Waals surface area contributed by atoms with Crippen molar-refractivity contribution < 1.29 is 18.3 Å². The van der Waals surface area contributed by atoms with E-state index in [1.54, 1.807) is 19.1 Å². The molecule has 1 unspecified atom stereocenters. The zero-order chi connectivity index (χ0) is 13.1. The molecule has 0 aliphatic rings. The van der Waals surface area contributed by atoms with Gasteiger partial charge in [-0.05, 0) is 24.6 Å². The molecule has 7 heteroatoms. The molecule has 0 spiro atoms. The number of carboxylic acids is 1. The summed E-state index contributed by atoms with van der Waals surface area (Å²) in [6, 6.07) is 5.81. The predicted molar refractivity (Wildman–Crippen MR) is 61.9 cm³/mol. The van der Waals surface area contributed by atoms with Crippen LogP contribution in [0.25, 0.3) is 0 Å². The summed E-state index contributed by atoms with van der Waals surface area (Å²) in [6.07, 6.45) is 0. The van der Waals surface area contributed by atoms with Gasteiger partial charge >= 0.3 is 5.97 Å². The largest absolute Gasteiger partial charge is 0.480 e. The minimum absolute atomic E-state index is 0.0129. The van der Waals surface area contributed by atoms with Crippen molar-refractivity contribution in [3.63, 3.8) is 0 Å². The molecule has 0 radical (unpaired) electrons. The van der Waals surface area contributed by atoms with Gasteiger partial charge in [-0.25, -0.2) is 13.6 Å². The first kappa shape index (κ1) is 13.6. The Labute approximate surface area is 99.5 Å². The molecule has 1 aromatic rings. The van der Waals surface area contributed by atoms with E-state index in [4.69, 9.17) is 10.2 Å². The third-order valence-electron chi connectivity index (χ3n) is 2.25. The standard InChI is InChI=1S/C10H14N2O4S/c1-7(12-6-10(13)14)8-3-2-4-9(5-8)17(11,15)16/h2-5,7,12H,6H2,1H3,(H,13,14)(H2,11,15,16). The van der Waals surface area contributed by atoms with Crippen molar-refractivity contribution in [3.8, 4) is 0 Å². The van der Waals surface area contributed by atoms with Crippen LogP contribution in [0.15, 0.2) is 29.2 Å². The lowest BCUT2D eigenvalue weighted by molar-refractivity contribution is -0.136. The molecule has 0 amide bonds. The summed E-state index contributed by atoms with van der Waals surface area (Å²) in [6.45, 7) is 1.55. The third-order valence-corrected chi connectivity index (χ3v) is 3.16. The monoisotopic (exact) mass is 258 g/mol. The molecule has 0 aliphatic heterocycles. The quantitative estimate of drug-likeness (QED) is 0.692. The third kappa shape index (κ3) is 4.14. The van der Waals surface area contributed by atoms with Crippen LogP contribution in [0.5, 0.6) is 0 Å². The van der Waals surface area contributed by atoms with Gasteiger partial charge in [0.15, 0.2) is 0 Å². The van der Waals surface area contributed by atoms with Gasteiger partial charge in [0, 0.05) is 6.04 Å². The lowest BCUT2D eigenvalue weighted by atomic mass is 10.1. The second-order valence-electron chi connectivity index (χ2n) is 3.61. The van der Waals surface area contributed by atoms with E-state index in [0.717, 1.165) is 0 Å². The number of aliphatic carboxylic acids is 1. The number of sulfonamides is 1. The normalized spacial score (nSPS) is 13.3. The molecule has 17 heavy (non-hydrogen) atoms. The fraction of sp³-hybridized carbons (Fsp3) is 0.300. The molecule has 0 heterocycles. The fourth-order valence-corrected chi connectivity index (χ4v) is 1.89. The Kier molecular flexibility index (Phi) is 4.22. The molecular weight excluding hydrogens is 244 g/mol. The van der Waals surface area contributed by atoms with Crippen LogP contribution in [0.4, 0.5) is 0 Å². The molecule has 0 saturated heterocycles. The van der Waals surface area contributed by atoms with E-state index in [2.05, 4.69) is 5.32 Å². The highest BCUT2D eigenvalue weighted by Crippen LogP contribution is 2.16. The zero-order valence-corrected chi connectivity index (χ0v) is 10.1. The second-order valence-corrected chi connectivity index (χ2v) is 5.18. The molecule has 94 valence electrons. The van der Waals surface area contributed by atoms with E-state index in [9.17, 15) is 13.2 Å². The summed E-state index contributed by atoms with van der Waals surface area (Å²) in [7, 11) is -3.73. The van der Waals surface area contributed by atoms with E-state index in [-0.39, 0.29) is 17.5 Å². The van der Waals surface area contributed by atoms with Crippen molar-refractivity contribution >= 4 is 16.0 Å². The number of primary sulfonamides is 1. The maximum absolute atomic E-state index is 11.1. The Morgan fingerprint density at radius 3 is 2.71 bits per heavy atom. The summed E-state index contributed by atoms with van der Waals surface area (Å²) in [5.74, 6) is -0.973. The molecule has 1 aromatic carbocycles. The fourth-order valence-electron chi connectivity index (χ4n) is 1.32. The van der Waals surface area contributed by atoms with Crippen molar-refractivity contribution in [2.75, 3.05) is 6.54 Å². The summed E-state index contributed by atoms with van der Waals surface area (Å²) in [4.78, 5) is 10.4. The van der Waals surface area contributed by atoms with Crippen molar-refractivity contribution in [2.45, 2.75) is 17.9 Å². The van der Waals surface area contributed by atoms with E-state index in [0.29, 0.717) is 5.56 Å². The van der Waals surface area contributed by atoms with Gasteiger partial charge in [0.05, 0.1) is 11.4 Å². The van der Waals surface area contributed by atoms with Gasteiger partial charge in [0.2, 0.25) is 10.0 Å². The first-order valence-corrected chi connectivity index (χ1v) is 6.43. The van der Waals surface area contributed by atoms with E-state index >= 15 is 0 Å². The highest BCUT2D eigenvalue weighted by Gasteiger charge is 2.11. The topological polar surface area (TPSA) is 109 Å². The number of nitrogens with one attached hydrogen (secondary N) is 1. The Morgan fingerprint density at radius 1 is 1.53 bits per heavy atom. The van der Waals surface area contributed by atoms with Gasteiger partial charge in [-0.3, -0.25) is 4.79 Å². The average molecular weight is 258 g/mol. The molecule has 0 fully saturated rings. The zero-order valence-electron chi connectivity index (χ0n) is 9.25. The number of hydrogen-bond donors (Lipinski definition) is 3. The number of hydrogen-bond acceptors (Lipinski definition) is 4. The van der Waals surface area contributed by atoms with Crippen LogP contribution in [0, 0.1) is 0 Å². The van der Waals surface area contributed by atoms with Crippen molar-refractivity contribution in [3.05, 3.63) is 29.8 Å². The minimum atomic E-state index is -3.73. The number of carbonyl (C=O) groups is 1. The molecule has 0 bridgehead atoms. The molecule has 0 aromatic heterocycles. The predicted octanol–water partition coefficient (Wildman–Crippen LogP) is 0.0692. The highest BCUT2D eigenvalue weighted by atomic mass is 32.2. The van der Waals surface area contributed by atoms with Crippen molar-refractivity contribution in [1.29, 1.82) is 0 Å². The Morgan fingerprint density at radius 2 is 2.18 bits per heavy atom. The molecule has 1 rings (SSSR count). The van der Waals surface area contributed by atoms with Gasteiger partial charge in [-0.2, -0.15) is 0 Å². The number of carboxylic acid groups (broad SMARTS) is 1. The SMILES string of the molecule is CC(NCC(=O)O)c1cccc(S(N)(=O)=O)c1. The van der Waals surface area contributed by atoms with Crippen molar-refractivity contribution in [1.82, 2.24) is 5.32 Å². The van der Waals surface area contributed by atoms with E-state index in [1.165, 1.54) is 12.1 Å². The molecule has 0 aliphatic carbocycles. The molecular formula is C10H14N2O4S. The van der Waals surface area contributed by atoms with Crippen LogP contribution in [-0.4, -0.2) is 26.0 Å². The highest BCUT2D eigenvalue weighted by molar-refractivity contribution is 7.89. The van der Waals surface area contributed by atoms with Crippen LogP contribution in [-0.2, 0) is 14.8 Å². The van der Waals surface area contributed by atoms with Gasteiger partial charge in [0.25, 0.3) is 0 Å². The van der Waals surface area contributed by atoms with Gasteiger partial charge < -0.3 is 10.4 Å². The first-order chi connectivity index (χ1) is 7.80. The second kappa shape index (κ2) is 5.26. The molecule has 1 atom stereocenters. The number of rotatable bonds is 5. The smallest absolute Gasteiger partial charge is 0.317 e. The van der Waals surface area contributed by atoms with Crippen molar-refractivity contribution in [2.24, 2.45) is 5.14 Å². The van der Waals surface area contributed by atoms with Gasteiger partial charge in [-0.15, -0.1) is 0 Å². The van der Waals surface area contributed by atoms with E-state index in [1.807, 2.05) is 0 Å². The van der Waals surface area contributed by atoms with E-state index < -0.39 is 16.0 Å².